The van der Waals surface area contributed by atoms with Gasteiger partial charge < -0.3 is 10.7 Å². The zero-order valence-corrected chi connectivity index (χ0v) is 17.0. The summed E-state index contributed by atoms with van der Waals surface area (Å²) in [5, 5.41) is 8.86. The minimum Gasteiger partial charge on any atom is -0.364 e. The molecule has 1 aromatic heterocycles. The van der Waals surface area contributed by atoms with Crippen molar-refractivity contribution in [3.8, 4) is 0 Å². The second-order valence-electron chi connectivity index (χ2n) is 7.44. The Hall–Kier alpha value is -2.54. The number of hydrogen-bond acceptors (Lipinski definition) is 6. The number of nitrogens with zero attached hydrogens (tertiary/aromatic N) is 6. The normalized spacial score (nSPS) is 18.1. The van der Waals surface area contributed by atoms with Crippen LogP contribution in [0.2, 0.25) is 0 Å². The van der Waals surface area contributed by atoms with Gasteiger partial charge >= 0.3 is 0 Å². The first-order valence-electron chi connectivity index (χ1n) is 10.1. The molecule has 2 aliphatic rings. The Morgan fingerprint density at radius 2 is 1.61 bits per heavy atom. The predicted molar refractivity (Wildman–Crippen MR) is 109 cm³/mol. The maximum Gasteiger partial charge on any atom is 0.269 e. The fraction of sp³-hybridized carbons (Fsp3) is 0.737. The molecule has 1 amide bonds. The third-order valence-corrected chi connectivity index (χ3v) is 4.81. The summed E-state index contributed by atoms with van der Waals surface area (Å²) in [6.45, 7) is 0. The van der Waals surface area contributed by atoms with E-state index in [-0.39, 0.29) is 11.5 Å². The molecule has 1 aromatic rings. The molecule has 0 aromatic carbocycles. The topological polar surface area (TPSA) is 124 Å². The maximum absolute atomic E-state index is 10.8. The number of nitrogens with two attached hydrogens (primary N) is 1. The fourth-order valence-corrected chi connectivity index (χ4v) is 3.29. The van der Waals surface area contributed by atoms with Gasteiger partial charge in [-0.25, -0.2) is 15.0 Å². The number of aromatic nitrogens is 2. The summed E-state index contributed by atoms with van der Waals surface area (Å²) in [4.78, 5) is 26.0. The number of primary amides is 1. The number of imidazole rings is 1. The average Bonchev–Trinajstić information content (AvgIpc) is 3.18. The van der Waals surface area contributed by atoms with Gasteiger partial charge in [-0.05, 0) is 25.7 Å². The van der Waals surface area contributed by atoms with Crippen LogP contribution in [0.15, 0.2) is 26.6 Å². The van der Waals surface area contributed by atoms with Crippen LogP contribution >= 0.6 is 0 Å². The van der Waals surface area contributed by atoms with Crippen LogP contribution in [0.25, 0.3) is 0 Å². The summed E-state index contributed by atoms with van der Waals surface area (Å²) in [7, 11) is 3.42. The molecule has 3 rings (SSSR count). The van der Waals surface area contributed by atoms with Crippen molar-refractivity contribution in [2.75, 3.05) is 14.1 Å². The van der Waals surface area contributed by atoms with Gasteiger partial charge in [-0.3, -0.25) is 9.80 Å². The molecule has 0 bridgehead atoms. The summed E-state index contributed by atoms with van der Waals surface area (Å²) in [6, 6.07) is 4.04. The van der Waals surface area contributed by atoms with Crippen molar-refractivity contribution in [1.29, 1.82) is 0 Å². The highest BCUT2D eigenvalue weighted by Crippen LogP contribution is 2.21. The van der Waals surface area contributed by atoms with Crippen molar-refractivity contribution in [1.82, 2.24) is 15.0 Å². The number of aliphatic imine (C=N–C) groups is 2. The molecule has 2 saturated carbocycles. The van der Waals surface area contributed by atoms with Crippen molar-refractivity contribution in [2.45, 2.75) is 76.3 Å². The Bertz CT molecular complexity index is 656. The first kappa shape index (κ1) is 21.8. The van der Waals surface area contributed by atoms with Gasteiger partial charge in [-0.2, -0.15) is 0 Å². The molecule has 0 spiro atoms. The lowest BCUT2D eigenvalue weighted by molar-refractivity contribution is 0.0996. The van der Waals surface area contributed by atoms with Crippen LogP contribution < -0.4 is 5.73 Å². The van der Waals surface area contributed by atoms with E-state index >= 15 is 0 Å². The predicted octanol–water partition coefficient (Wildman–Crippen LogP) is 3.89. The Morgan fingerprint density at radius 1 is 1.07 bits per heavy atom. The molecule has 2 aliphatic carbocycles. The second-order valence-corrected chi connectivity index (χ2v) is 7.44. The van der Waals surface area contributed by atoms with Crippen LogP contribution in [-0.4, -0.2) is 53.1 Å². The van der Waals surface area contributed by atoms with Crippen molar-refractivity contribution in [2.24, 2.45) is 26.1 Å². The highest BCUT2D eigenvalue weighted by molar-refractivity contribution is 5.94. The molecule has 0 saturated heterocycles. The third kappa shape index (κ3) is 8.00. The smallest absolute Gasteiger partial charge is 0.269 e. The standard InChI is InChI=1S/C13H22N2.C6H10N6O/c1-3-7-12(8-4-1)14-11-15-13-9-5-2-6-10-13;1-12(2)11-10-6-4(5(7)13)8-3-9-6/h12-13H,1-10H2;3H,1-2H3,(H2,7,13)(H,8,9). The molecule has 0 unspecified atom stereocenters. The highest BCUT2D eigenvalue weighted by Gasteiger charge is 2.12. The summed E-state index contributed by atoms with van der Waals surface area (Å²) < 4.78 is 0. The van der Waals surface area contributed by atoms with Crippen LogP contribution in [0.4, 0.5) is 5.82 Å². The van der Waals surface area contributed by atoms with Crippen molar-refractivity contribution in [3.63, 3.8) is 0 Å². The number of rotatable bonds is 5. The van der Waals surface area contributed by atoms with Crippen LogP contribution in [0.1, 0.15) is 74.7 Å². The average molecular weight is 389 g/mol. The second kappa shape index (κ2) is 12.0. The lowest BCUT2D eigenvalue weighted by atomic mass is 9.96. The molecular weight excluding hydrogens is 356 g/mol. The van der Waals surface area contributed by atoms with Crippen molar-refractivity contribution < 1.29 is 4.79 Å². The Morgan fingerprint density at radius 3 is 2.07 bits per heavy atom. The quantitative estimate of drug-likeness (QED) is 0.451. The van der Waals surface area contributed by atoms with Gasteiger partial charge in [-0.1, -0.05) is 43.7 Å². The molecule has 154 valence electrons. The molecule has 0 radical (unpaired) electrons. The van der Waals surface area contributed by atoms with E-state index in [0.29, 0.717) is 12.1 Å². The van der Waals surface area contributed by atoms with E-state index in [9.17, 15) is 4.79 Å². The van der Waals surface area contributed by atoms with Crippen LogP contribution in [0.5, 0.6) is 0 Å². The van der Waals surface area contributed by atoms with E-state index in [1.807, 2.05) is 0 Å². The van der Waals surface area contributed by atoms with Gasteiger partial charge in [0.1, 0.15) is 0 Å². The first-order chi connectivity index (χ1) is 13.6. The van der Waals surface area contributed by atoms with Crippen molar-refractivity contribution >= 4 is 17.7 Å². The molecule has 1 heterocycles. The Kier molecular flexibility index (Phi) is 9.34. The van der Waals surface area contributed by atoms with Gasteiger partial charge in [-0.15, -0.1) is 5.11 Å². The van der Waals surface area contributed by atoms with E-state index in [1.54, 1.807) is 14.1 Å². The minimum absolute atomic E-state index is 0.158. The van der Waals surface area contributed by atoms with E-state index in [1.165, 1.54) is 75.5 Å². The SMILES string of the molecule is C(=NC1CCCCC1)=NC1CCCCC1.CN(C)N=Nc1nc[nH]c1C(N)=O. The lowest BCUT2D eigenvalue weighted by Gasteiger charge is -2.17. The van der Waals surface area contributed by atoms with Crippen LogP contribution in [0.3, 0.4) is 0 Å². The third-order valence-electron chi connectivity index (χ3n) is 4.81. The summed E-state index contributed by atoms with van der Waals surface area (Å²) >= 11 is 0. The van der Waals surface area contributed by atoms with Gasteiger partial charge in [0.15, 0.2) is 5.69 Å². The zero-order valence-electron chi connectivity index (χ0n) is 17.0. The number of hydrogen-bond donors (Lipinski definition) is 2. The van der Waals surface area contributed by atoms with Crippen molar-refractivity contribution in [3.05, 3.63) is 12.0 Å². The van der Waals surface area contributed by atoms with Gasteiger partial charge in [0, 0.05) is 14.1 Å². The minimum atomic E-state index is -0.606. The van der Waals surface area contributed by atoms with E-state index in [0.717, 1.165) is 0 Å². The van der Waals surface area contributed by atoms with Gasteiger partial charge in [0.25, 0.3) is 5.91 Å². The van der Waals surface area contributed by atoms with Crippen LogP contribution in [-0.2, 0) is 0 Å². The lowest BCUT2D eigenvalue weighted by Crippen LogP contribution is -2.11. The van der Waals surface area contributed by atoms with Crippen LogP contribution in [0, 0.1) is 0 Å². The van der Waals surface area contributed by atoms with E-state index in [2.05, 4.69) is 36.3 Å². The summed E-state index contributed by atoms with van der Waals surface area (Å²) in [5.41, 5.74) is 5.20. The van der Waals surface area contributed by atoms with Gasteiger partial charge in [0.05, 0.1) is 24.4 Å². The molecule has 9 nitrogen and oxygen atoms in total. The first-order valence-corrected chi connectivity index (χ1v) is 10.1. The molecule has 9 heteroatoms. The Labute approximate surface area is 166 Å². The highest BCUT2D eigenvalue weighted by atomic mass is 16.1. The molecule has 0 aliphatic heterocycles. The number of carbonyl (C=O) groups excluding carboxylic acids is 1. The molecular formula is C19H32N8O. The van der Waals surface area contributed by atoms with E-state index in [4.69, 9.17) is 5.73 Å². The summed E-state index contributed by atoms with van der Waals surface area (Å²) in [5.74, 6) is -0.411. The number of carbonyl (C=O) groups is 1. The molecule has 2 fully saturated rings. The molecule has 0 atom stereocenters. The zero-order chi connectivity index (χ0) is 20.2. The number of amides is 1. The number of H-pyrrole nitrogens is 1. The van der Waals surface area contributed by atoms with E-state index < -0.39 is 5.91 Å². The number of aromatic amines is 1. The molecule has 3 N–H and O–H groups in total. The maximum atomic E-state index is 10.8. The number of nitrogens with one attached hydrogen (secondary N) is 1. The van der Waals surface area contributed by atoms with Gasteiger partial charge in [0.2, 0.25) is 5.82 Å². The molecule has 28 heavy (non-hydrogen) atoms. The Balaban J connectivity index is 0.000000203. The largest absolute Gasteiger partial charge is 0.364 e. The summed E-state index contributed by atoms with van der Waals surface area (Å²) in [6.07, 6.45) is 14.5. The monoisotopic (exact) mass is 388 g/mol. The fourth-order valence-electron chi connectivity index (χ4n) is 3.29.